The van der Waals surface area contributed by atoms with E-state index in [1.54, 1.807) is 12.1 Å². The average Bonchev–Trinajstić information content (AvgIpc) is 2.33. The standard InChI is InChI=1S/C13H12Cl2N2O/c1-2-9-7-13(18)17-12(16-9)6-8-3-4-10(14)11(15)5-8/h3-5,7H,2,6H2,1H3,(H,16,17,18). The van der Waals surface area contributed by atoms with E-state index in [0.29, 0.717) is 22.3 Å². The summed E-state index contributed by atoms with van der Waals surface area (Å²) in [6.07, 6.45) is 1.26. The number of H-pyrrole nitrogens is 1. The number of aromatic nitrogens is 2. The first-order valence-electron chi connectivity index (χ1n) is 5.61. The third-order valence-electron chi connectivity index (χ3n) is 2.56. The Labute approximate surface area is 115 Å². The van der Waals surface area contributed by atoms with Gasteiger partial charge in [0.2, 0.25) is 0 Å². The molecule has 0 aliphatic carbocycles. The lowest BCUT2D eigenvalue weighted by atomic mass is 10.1. The van der Waals surface area contributed by atoms with Crippen LogP contribution in [0.5, 0.6) is 0 Å². The quantitative estimate of drug-likeness (QED) is 0.940. The van der Waals surface area contributed by atoms with Crippen molar-refractivity contribution in [3.05, 3.63) is 61.7 Å². The average molecular weight is 283 g/mol. The molecule has 1 heterocycles. The first-order valence-corrected chi connectivity index (χ1v) is 6.37. The molecule has 5 heteroatoms. The van der Waals surface area contributed by atoms with E-state index in [9.17, 15) is 4.79 Å². The zero-order chi connectivity index (χ0) is 13.1. The maximum absolute atomic E-state index is 11.4. The van der Waals surface area contributed by atoms with Crippen LogP contribution >= 0.6 is 23.2 Å². The summed E-state index contributed by atoms with van der Waals surface area (Å²) in [6, 6.07) is 6.90. The van der Waals surface area contributed by atoms with Gasteiger partial charge in [-0.2, -0.15) is 0 Å². The van der Waals surface area contributed by atoms with Crippen LogP contribution in [-0.2, 0) is 12.8 Å². The van der Waals surface area contributed by atoms with Gasteiger partial charge in [-0.25, -0.2) is 4.98 Å². The number of aromatic amines is 1. The number of halogens is 2. The zero-order valence-electron chi connectivity index (χ0n) is 9.84. The van der Waals surface area contributed by atoms with E-state index in [1.165, 1.54) is 6.07 Å². The molecule has 0 saturated carbocycles. The van der Waals surface area contributed by atoms with Gasteiger partial charge in [-0.05, 0) is 24.1 Å². The Bertz CT molecular complexity index is 623. The first kappa shape index (κ1) is 13.1. The van der Waals surface area contributed by atoms with E-state index in [2.05, 4.69) is 9.97 Å². The normalized spacial score (nSPS) is 10.6. The highest BCUT2D eigenvalue weighted by Gasteiger charge is 2.04. The van der Waals surface area contributed by atoms with Gasteiger partial charge in [0.1, 0.15) is 5.82 Å². The van der Waals surface area contributed by atoms with Crippen LogP contribution in [0.3, 0.4) is 0 Å². The fourth-order valence-corrected chi connectivity index (χ4v) is 1.99. The minimum atomic E-state index is -0.128. The molecule has 1 N–H and O–H groups in total. The summed E-state index contributed by atoms with van der Waals surface area (Å²) in [5.74, 6) is 0.637. The van der Waals surface area contributed by atoms with Crippen molar-refractivity contribution in [3.8, 4) is 0 Å². The monoisotopic (exact) mass is 282 g/mol. The van der Waals surface area contributed by atoms with Crippen molar-refractivity contribution >= 4 is 23.2 Å². The van der Waals surface area contributed by atoms with Gasteiger partial charge in [-0.1, -0.05) is 36.2 Å². The molecule has 18 heavy (non-hydrogen) atoms. The number of rotatable bonds is 3. The topological polar surface area (TPSA) is 45.8 Å². The van der Waals surface area contributed by atoms with E-state index in [4.69, 9.17) is 23.2 Å². The van der Waals surface area contributed by atoms with Crippen LogP contribution in [0.25, 0.3) is 0 Å². The maximum atomic E-state index is 11.4. The Kier molecular flexibility index (Phi) is 4.04. The van der Waals surface area contributed by atoms with Crippen LogP contribution in [0.1, 0.15) is 24.0 Å². The second-order valence-electron chi connectivity index (χ2n) is 3.96. The Hall–Kier alpha value is -1.32. The molecule has 1 aromatic heterocycles. The van der Waals surface area contributed by atoms with Crippen molar-refractivity contribution in [2.45, 2.75) is 19.8 Å². The summed E-state index contributed by atoms with van der Waals surface area (Å²) < 4.78 is 0. The van der Waals surface area contributed by atoms with Gasteiger partial charge in [0.25, 0.3) is 5.56 Å². The van der Waals surface area contributed by atoms with Gasteiger partial charge in [-0.3, -0.25) is 4.79 Å². The van der Waals surface area contributed by atoms with Crippen molar-refractivity contribution in [2.75, 3.05) is 0 Å². The molecule has 94 valence electrons. The van der Waals surface area contributed by atoms with Crippen molar-refractivity contribution in [1.82, 2.24) is 9.97 Å². The maximum Gasteiger partial charge on any atom is 0.251 e. The summed E-state index contributed by atoms with van der Waals surface area (Å²) >= 11 is 11.8. The molecular formula is C13H12Cl2N2O. The third kappa shape index (κ3) is 3.12. The number of aryl methyl sites for hydroxylation is 1. The van der Waals surface area contributed by atoms with Gasteiger partial charge in [0, 0.05) is 18.2 Å². The molecule has 2 aromatic rings. The van der Waals surface area contributed by atoms with Crippen LogP contribution in [0.4, 0.5) is 0 Å². The molecule has 0 saturated heterocycles. The van der Waals surface area contributed by atoms with Gasteiger partial charge < -0.3 is 4.98 Å². The Morgan fingerprint density at radius 2 is 2.00 bits per heavy atom. The molecule has 0 aliphatic heterocycles. The molecule has 1 aromatic carbocycles. The lowest BCUT2D eigenvalue weighted by Crippen LogP contribution is -2.12. The van der Waals surface area contributed by atoms with Crippen molar-refractivity contribution in [2.24, 2.45) is 0 Å². The number of hydrogen-bond acceptors (Lipinski definition) is 2. The minimum Gasteiger partial charge on any atom is -0.310 e. The number of nitrogens with zero attached hydrogens (tertiary/aromatic N) is 1. The second kappa shape index (κ2) is 5.55. The van der Waals surface area contributed by atoms with Gasteiger partial charge in [0.05, 0.1) is 10.0 Å². The summed E-state index contributed by atoms with van der Waals surface area (Å²) in [4.78, 5) is 18.5. The fraction of sp³-hybridized carbons (Fsp3) is 0.231. The summed E-state index contributed by atoms with van der Waals surface area (Å²) in [5, 5.41) is 1.02. The van der Waals surface area contributed by atoms with Crippen molar-refractivity contribution in [1.29, 1.82) is 0 Å². The SMILES string of the molecule is CCc1cc(=O)[nH]c(Cc2ccc(Cl)c(Cl)c2)n1. The first-order chi connectivity index (χ1) is 8.58. The lowest BCUT2D eigenvalue weighted by Gasteiger charge is -2.04. The van der Waals surface area contributed by atoms with Crippen LogP contribution < -0.4 is 5.56 Å². The van der Waals surface area contributed by atoms with Gasteiger partial charge >= 0.3 is 0 Å². The van der Waals surface area contributed by atoms with Crippen LogP contribution in [0.15, 0.2) is 29.1 Å². The van der Waals surface area contributed by atoms with E-state index >= 15 is 0 Å². The zero-order valence-corrected chi connectivity index (χ0v) is 11.3. The summed E-state index contributed by atoms with van der Waals surface area (Å²) in [7, 11) is 0. The summed E-state index contributed by atoms with van der Waals surface area (Å²) in [5.41, 5.74) is 1.62. The van der Waals surface area contributed by atoms with Crippen LogP contribution in [0.2, 0.25) is 10.0 Å². The second-order valence-corrected chi connectivity index (χ2v) is 4.78. The molecule has 0 aliphatic rings. The van der Waals surface area contributed by atoms with Crippen molar-refractivity contribution < 1.29 is 0 Å². The molecule has 0 unspecified atom stereocenters. The lowest BCUT2D eigenvalue weighted by molar-refractivity contribution is 0.888. The predicted octanol–water partition coefficient (Wildman–Crippen LogP) is 3.23. The molecule has 3 nitrogen and oxygen atoms in total. The fourth-order valence-electron chi connectivity index (χ4n) is 1.67. The Balaban J connectivity index is 2.30. The van der Waals surface area contributed by atoms with Crippen LogP contribution in [0, 0.1) is 0 Å². The minimum absolute atomic E-state index is 0.128. The van der Waals surface area contributed by atoms with E-state index in [0.717, 1.165) is 17.7 Å². The van der Waals surface area contributed by atoms with E-state index in [1.807, 2.05) is 13.0 Å². The van der Waals surface area contributed by atoms with E-state index < -0.39 is 0 Å². The molecule has 2 rings (SSSR count). The Morgan fingerprint density at radius 3 is 2.67 bits per heavy atom. The number of nitrogens with one attached hydrogen (secondary N) is 1. The third-order valence-corrected chi connectivity index (χ3v) is 3.30. The summed E-state index contributed by atoms with van der Waals surface area (Å²) in [6.45, 7) is 1.96. The smallest absolute Gasteiger partial charge is 0.251 e. The molecule has 0 fully saturated rings. The highest BCUT2D eigenvalue weighted by Crippen LogP contribution is 2.23. The predicted molar refractivity (Wildman–Crippen MR) is 73.5 cm³/mol. The van der Waals surface area contributed by atoms with Crippen molar-refractivity contribution in [3.63, 3.8) is 0 Å². The molecular weight excluding hydrogens is 271 g/mol. The molecule has 0 atom stereocenters. The van der Waals surface area contributed by atoms with Gasteiger partial charge in [0.15, 0.2) is 0 Å². The highest BCUT2D eigenvalue weighted by molar-refractivity contribution is 6.42. The highest BCUT2D eigenvalue weighted by atomic mass is 35.5. The number of benzene rings is 1. The van der Waals surface area contributed by atoms with E-state index in [-0.39, 0.29) is 5.56 Å². The molecule has 0 amide bonds. The Morgan fingerprint density at radius 1 is 1.22 bits per heavy atom. The van der Waals surface area contributed by atoms with Gasteiger partial charge in [-0.15, -0.1) is 0 Å². The number of hydrogen-bond donors (Lipinski definition) is 1. The molecule has 0 spiro atoms. The molecule has 0 bridgehead atoms. The van der Waals surface area contributed by atoms with Crippen LogP contribution in [-0.4, -0.2) is 9.97 Å². The molecule has 0 radical (unpaired) electrons. The largest absolute Gasteiger partial charge is 0.310 e.